The van der Waals surface area contributed by atoms with Crippen LogP contribution in [0.25, 0.3) is 0 Å². The highest BCUT2D eigenvalue weighted by Gasteiger charge is 2.42. The summed E-state index contributed by atoms with van der Waals surface area (Å²) in [7, 11) is -0.482. The summed E-state index contributed by atoms with van der Waals surface area (Å²) in [6.07, 6.45) is 11.5. The number of fused-ring (bicyclic) bond motifs is 2. The van der Waals surface area contributed by atoms with Crippen molar-refractivity contribution in [1.29, 1.82) is 0 Å². The second-order valence-corrected chi connectivity index (χ2v) is 18.1. The molecule has 2 fully saturated rings. The SMILES string of the molecule is CCCc1cc(Cl)ccc1C1COc2ccc3cc2N(C1)CC1CCC1C(C1SCCCS1)/C=C/CC(C)C(C)S(=O)NC3=O.CO. The molecule has 10 heteroatoms. The number of halogens is 1. The first-order valence-electron chi connectivity index (χ1n) is 17.2. The first kappa shape index (κ1) is 36.6. The highest BCUT2D eigenvalue weighted by atomic mass is 35.5. The summed E-state index contributed by atoms with van der Waals surface area (Å²) < 4.78 is 23.3. The monoisotopic (exact) mass is 718 g/mol. The van der Waals surface area contributed by atoms with Crippen molar-refractivity contribution in [2.75, 3.05) is 43.2 Å². The highest BCUT2D eigenvalue weighted by molar-refractivity contribution is 8.17. The molecule has 2 aromatic rings. The van der Waals surface area contributed by atoms with E-state index in [1.807, 2.05) is 31.2 Å². The van der Waals surface area contributed by atoms with Gasteiger partial charge in [-0.25, -0.2) is 4.21 Å². The minimum atomic E-state index is -1.48. The van der Waals surface area contributed by atoms with Crippen molar-refractivity contribution in [2.24, 2.45) is 23.7 Å². The number of benzene rings is 2. The van der Waals surface area contributed by atoms with Crippen molar-refractivity contribution < 1.29 is 18.8 Å². The van der Waals surface area contributed by atoms with E-state index in [9.17, 15) is 9.00 Å². The van der Waals surface area contributed by atoms with Crippen molar-refractivity contribution in [3.63, 3.8) is 0 Å². The van der Waals surface area contributed by atoms with Crippen molar-refractivity contribution >= 4 is 57.7 Å². The highest BCUT2D eigenvalue weighted by Crippen LogP contribution is 2.50. The van der Waals surface area contributed by atoms with Gasteiger partial charge in [-0.1, -0.05) is 50.1 Å². The van der Waals surface area contributed by atoms with Gasteiger partial charge in [0.15, 0.2) is 0 Å². The van der Waals surface area contributed by atoms with Crippen molar-refractivity contribution in [1.82, 2.24) is 4.72 Å². The number of thioether (sulfide) groups is 2. The van der Waals surface area contributed by atoms with Crippen molar-refractivity contribution in [2.45, 2.75) is 75.0 Å². The van der Waals surface area contributed by atoms with Gasteiger partial charge >= 0.3 is 0 Å². The molecule has 4 aliphatic rings. The summed E-state index contributed by atoms with van der Waals surface area (Å²) in [5, 5.41) is 7.62. The molecule has 7 atom stereocenters. The lowest BCUT2D eigenvalue weighted by molar-refractivity contribution is 0.0982. The molecule has 0 aromatic heterocycles. The Morgan fingerprint density at radius 3 is 2.60 bits per heavy atom. The number of rotatable bonds is 4. The van der Waals surface area contributed by atoms with E-state index in [-0.39, 0.29) is 23.0 Å². The summed E-state index contributed by atoms with van der Waals surface area (Å²) in [6.45, 7) is 8.66. The normalized spacial score (nSPS) is 30.7. The molecule has 2 N–H and O–H groups in total. The topological polar surface area (TPSA) is 78.9 Å². The summed E-state index contributed by atoms with van der Waals surface area (Å²) in [5.41, 5.74) is 4.09. The predicted molar refractivity (Wildman–Crippen MR) is 201 cm³/mol. The van der Waals surface area contributed by atoms with Crippen LogP contribution in [0.15, 0.2) is 48.6 Å². The minimum absolute atomic E-state index is 0.155. The third-order valence-electron chi connectivity index (χ3n) is 10.3. The van der Waals surface area contributed by atoms with E-state index in [1.54, 1.807) is 0 Å². The zero-order chi connectivity index (χ0) is 33.5. The third-order valence-corrected chi connectivity index (χ3v) is 15.2. The summed E-state index contributed by atoms with van der Waals surface area (Å²) >= 11 is 10.8. The van der Waals surface area contributed by atoms with Gasteiger partial charge in [0, 0.05) is 42.6 Å². The van der Waals surface area contributed by atoms with E-state index in [0.717, 1.165) is 55.9 Å². The number of carbonyl (C=O) groups excluding carboxylic acids is 1. The Bertz CT molecular complexity index is 1420. The largest absolute Gasteiger partial charge is 0.491 e. The second kappa shape index (κ2) is 17.3. The number of anilines is 1. The Hall–Kier alpha value is -1.65. The fraction of sp³-hybridized carbons (Fsp3) is 0.595. The van der Waals surface area contributed by atoms with Gasteiger partial charge in [0.2, 0.25) is 0 Å². The molecule has 1 saturated heterocycles. The van der Waals surface area contributed by atoms with Crippen molar-refractivity contribution in [3.8, 4) is 5.75 Å². The quantitative estimate of drug-likeness (QED) is 0.310. The number of nitrogens with zero attached hydrogens (tertiary/aromatic N) is 1. The van der Waals surface area contributed by atoms with E-state index in [4.69, 9.17) is 21.4 Å². The first-order chi connectivity index (χ1) is 22.8. The van der Waals surface area contributed by atoms with Gasteiger partial charge in [0.1, 0.15) is 16.7 Å². The van der Waals surface area contributed by atoms with Crippen LogP contribution in [-0.4, -0.2) is 63.4 Å². The second-order valence-electron chi connectivity index (χ2n) is 13.3. The summed E-state index contributed by atoms with van der Waals surface area (Å²) in [5.74, 6) is 5.10. The molecule has 6 rings (SSSR count). The van der Waals surface area contributed by atoms with E-state index < -0.39 is 11.0 Å². The lowest BCUT2D eigenvalue weighted by Gasteiger charge is -2.46. The minimum Gasteiger partial charge on any atom is -0.491 e. The van der Waals surface area contributed by atoms with E-state index in [1.165, 1.54) is 41.9 Å². The Balaban J connectivity index is 0.00000213. The molecule has 1 amide bonds. The van der Waals surface area contributed by atoms with Crippen LogP contribution >= 0.6 is 35.1 Å². The lowest BCUT2D eigenvalue weighted by Crippen LogP contribution is -2.44. The van der Waals surface area contributed by atoms with Crippen LogP contribution in [0, 0.1) is 23.7 Å². The Kier molecular flexibility index (Phi) is 13.5. The van der Waals surface area contributed by atoms with Crippen LogP contribution in [-0.2, 0) is 17.4 Å². The molecule has 1 saturated carbocycles. The predicted octanol–water partition coefficient (Wildman–Crippen LogP) is 8.10. The molecule has 1 aliphatic carbocycles. The average Bonchev–Trinajstić information content (AvgIpc) is 3.25. The fourth-order valence-electron chi connectivity index (χ4n) is 7.33. The number of aliphatic hydroxyl groups is 1. The standard InChI is InChI=1S/C36H47ClN2O3S3.CH4O/c1-4-7-25-18-29(37)12-14-30(25)28-21-39-20-27-10-13-31(27)32(36-43-16-6-17-44-36)9-5-8-23(2)24(3)45(41)38-35(40)26-11-15-34(42-22-28)33(39)19-26;1-2/h5,9,11-12,14-15,18-19,23-24,27-28,31-32,36H,4,6-8,10,13,16-17,20-22H2,1-3H3,(H,38,40);2H,1H3/b9-5+;. The number of hydrogen-bond acceptors (Lipinski definition) is 7. The number of nitrogens with one attached hydrogen (secondary N) is 1. The number of carbonyl (C=O) groups is 1. The van der Waals surface area contributed by atoms with Gasteiger partial charge in [0.05, 0.1) is 22.1 Å². The molecule has 6 nitrogen and oxygen atoms in total. The van der Waals surface area contributed by atoms with Crippen LogP contribution in [0.2, 0.25) is 5.02 Å². The molecule has 258 valence electrons. The Morgan fingerprint density at radius 2 is 1.87 bits per heavy atom. The van der Waals surface area contributed by atoms with Crippen LogP contribution in [0.1, 0.15) is 80.3 Å². The smallest absolute Gasteiger partial charge is 0.263 e. The van der Waals surface area contributed by atoms with Gasteiger partial charge in [-0.2, -0.15) is 0 Å². The van der Waals surface area contributed by atoms with Gasteiger partial charge in [0.25, 0.3) is 5.91 Å². The van der Waals surface area contributed by atoms with Gasteiger partial charge in [-0.05, 0) is 110 Å². The van der Waals surface area contributed by atoms with Crippen LogP contribution in [0.4, 0.5) is 5.69 Å². The Labute approximate surface area is 297 Å². The molecule has 2 aromatic carbocycles. The zero-order valence-corrected chi connectivity index (χ0v) is 31.4. The number of allylic oxidation sites excluding steroid dienone is 2. The molecule has 3 heterocycles. The maximum Gasteiger partial charge on any atom is 0.263 e. The van der Waals surface area contributed by atoms with Crippen LogP contribution in [0.3, 0.4) is 0 Å². The van der Waals surface area contributed by atoms with E-state index in [0.29, 0.717) is 34.5 Å². The first-order valence-corrected chi connectivity index (χ1v) is 20.9. The molecular formula is C37H51ClN2O4S3. The molecule has 0 radical (unpaired) electrons. The molecular weight excluding hydrogens is 668 g/mol. The molecule has 2 bridgehead atoms. The molecule has 47 heavy (non-hydrogen) atoms. The van der Waals surface area contributed by atoms with Crippen LogP contribution < -0.4 is 14.4 Å². The van der Waals surface area contributed by atoms with Gasteiger partial charge < -0.3 is 14.7 Å². The molecule has 7 unspecified atom stereocenters. The summed E-state index contributed by atoms with van der Waals surface area (Å²) in [4.78, 5) is 15.9. The lowest BCUT2D eigenvalue weighted by atomic mass is 9.67. The number of amides is 1. The van der Waals surface area contributed by atoms with Gasteiger partial charge in [-0.3, -0.25) is 9.52 Å². The van der Waals surface area contributed by atoms with E-state index in [2.05, 4.69) is 71.3 Å². The average molecular weight is 719 g/mol. The van der Waals surface area contributed by atoms with Crippen LogP contribution in [0.5, 0.6) is 5.75 Å². The number of ether oxygens (including phenoxy) is 1. The fourth-order valence-corrected chi connectivity index (χ4v) is 11.8. The maximum absolute atomic E-state index is 13.4. The summed E-state index contributed by atoms with van der Waals surface area (Å²) in [6, 6.07) is 12.0. The number of aryl methyl sites for hydroxylation is 1. The van der Waals surface area contributed by atoms with E-state index >= 15 is 0 Å². The maximum atomic E-state index is 13.4. The molecule has 0 spiro atoms. The number of hydrogen-bond donors (Lipinski definition) is 2. The zero-order valence-electron chi connectivity index (χ0n) is 28.2. The molecule has 3 aliphatic heterocycles. The third kappa shape index (κ3) is 8.75. The van der Waals surface area contributed by atoms with Crippen molar-refractivity contribution in [3.05, 3.63) is 70.3 Å². The van der Waals surface area contributed by atoms with Gasteiger partial charge in [-0.15, -0.1) is 23.5 Å². The number of aliphatic hydroxyl groups excluding tert-OH is 1. The Morgan fingerprint density at radius 1 is 1.09 bits per heavy atom.